The minimum absolute atomic E-state index is 0.0716. The Morgan fingerprint density at radius 3 is 2.43 bits per heavy atom. The Hall–Kier alpha value is -2.47. The highest BCUT2D eigenvalue weighted by Crippen LogP contribution is 2.32. The summed E-state index contributed by atoms with van der Waals surface area (Å²) in [6.07, 6.45) is 0. The zero-order valence-corrected chi connectivity index (χ0v) is 12.6. The molecule has 0 aromatic heterocycles. The summed E-state index contributed by atoms with van der Waals surface area (Å²) in [6, 6.07) is 9.03. The van der Waals surface area contributed by atoms with Crippen molar-refractivity contribution in [2.45, 2.75) is 6.04 Å². The number of nitrogens with zero attached hydrogens (tertiary/aromatic N) is 2. The van der Waals surface area contributed by atoms with Crippen molar-refractivity contribution in [1.29, 1.82) is 0 Å². The van der Waals surface area contributed by atoms with E-state index in [1.54, 1.807) is 24.3 Å². The van der Waals surface area contributed by atoms with Gasteiger partial charge in [-0.3, -0.25) is 9.89 Å². The first-order valence-electron chi connectivity index (χ1n) is 6.82. The Kier molecular flexibility index (Phi) is 4.00. The molecule has 0 radical (unpaired) electrons. The monoisotopic (exact) mass is 335 g/mol. The molecule has 2 aromatic carbocycles. The number of halogens is 3. The molecule has 1 aliphatic rings. The number of urea groups is 1. The van der Waals surface area contributed by atoms with Gasteiger partial charge in [0.05, 0.1) is 18.2 Å². The molecule has 2 amide bonds. The van der Waals surface area contributed by atoms with Gasteiger partial charge in [0.2, 0.25) is 0 Å². The molecule has 7 heteroatoms. The molecule has 0 saturated heterocycles. The van der Waals surface area contributed by atoms with E-state index in [2.05, 4.69) is 4.99 Å². The van der Waals surface area contributed by atoms with Gasteiger partial charge in [0.25, 0.3) is 0 Å². The van der Waals surface area contributed by atoms with Gasteiger partial charge < -0.3 is 5.73 Å². The second-order valence-corrected chi connectivity index (χ2v) is 5.44. The van der Waals surface area contributed by atoms with Gasteiger partial charge in [-0.2, -0.15) is 0 Å². The number of amidine groups is 1. The minimum Gasteiger partial charge on any atom is -0.351 e. The molecule has 118 valence electrons. The molecule has 23 heavy (non-hydrogen) atoms. The molecule has 3 rings (SSSR count). The van der Waals surface area contributed by atoms with Crippen LogP contribution in [0, 0.1) is 11.6 Å². The number of aliphatic imine (C=N–C) groups is 1. The predicted molar refractivity (Wildman–Crippen MR) is 83.4 cm³/mol. The van der Waals surface area contributed by atoms with E-state index in [0.29, 0.717) is 10.6 Å². The van der Waals surface area contributed by atoms with Crippen LogP contribution in [-0.2, 0) is 0 Å². The van der Waals surface area contributed by atoms with Crippen molar-refractivity contribution in [3.63, 3.8) is 0 Å². The van der Waals surface area contributed by atoms with Gasteiger partial charge in [0, 0.05) is 5.02 Å². The highest BCUT2D eigenvalue weighted by Gasteiger charge is 2.34. The lowest BCUT2D eigenvalue weighted by atomic mass is 10.1. The van der Waals surface area contributed by atoms with Crippen LogP contribution >= 0.6 is 11.6 Å². The first-order valence-corrected chi connectivity index (χ1v) is 7.20. The average Bonchev–Trinajstić information content (AvgIpc) is 2.92. The third kappa shape index (κ3) is 2.77. The summed E-state index contributed by atoms with van der Waals surface area (Å²) in [5.41, 5.74) is 5.62. The number of amides is 2. The molecule has 1 atom stereocenters. The lowest BCUT2D eigenvalue weighted by Gasteiger charge is -2.17. The van der Waals surface area contributed by atoms with Crippen LogP contribution in [0.4, 0.5) is 13.6 Å². The minimum atomic E-state index is -0.832. The molecule has 1 unspecified atom stereocenters. The van der Waals surface area contributed by atoms with E-state index < -0.39 is 23.7 Å². The number of carbonyl (C=O) groups excluding carboxylic acids is 1. The fourth-order valence-electron chi connectivity index (χ4n) is 2.54. The molecule has 2 N–H and O–H groups in total. The number of hydrogen-bond acceptors (Lipinski definition) is 2. The van der Waals surface area contributed by atoms with Gasteiger partial charge in [-0.05, 0) is 23.8 Å². The molecule has 0 spiro atoms. The lowest BCUT2D eigenvalue weighted by molar-refractivity contribution is 0.231. The lowest BCUT2D eigenvalue weighted by Crippen LogP contribution is -2.39. The first kappa shape index (κ1) is 15.4. The molecular formula is C16H12ClF2N3O. The fraction of sp³-hybridized carbons (Fsp3) is 0.125. The molecule has 0 aliphatic carbocycles. The normalized spacial score (nSPS) is 17.3. The van der Waals surface area contributed by atoms with E-state index in [0.717, 1.165) is 17.0 Å². The van der Waals surface area contributed by atoms with Crippen LogP contribution in [0.25, 0.3) is 0 Å². The maximum Gasteiger partial charge on any atom is 0.320 e. The van der Waals surface area contributed by atoms with Gasteiger partial charge in [0.15, 0.2) is 0 Å². The van der Waals surface area contributed by atoms with E-state index in [1.165, 1.54) is 6.07 Å². The van der Waals surface area contributed by atoms with Crippen LogP contribution in [0.15, 0.2) is 47.5 Å². The molecule has 1 heterocycles. The number of primary amides is 1. The highest BCUT2D eigenvalue weighted by atomic mass is 35.5. The zero-order valence-electron chi connectivity index (χ0n) is 11.8. The van der Waals surface area contributed by atoms with Gasteiger partial charge in [0.1, 0.15) is 17.5 Å². The van der Waals surface area contributed by atoms with Gasteiger partial charge in [-0.1, -0.05) is 35.9 Å². The number of hydrogen-bond donors (Lipinski definition) is 1. The van der Waals surface area contributed by atoms with E-state index >= 15 is 0 Å². The average molecular weight is 336 g/mol. The van der Waals surface area contributed by atoms with Crippen molar-refractivity contribution < 1.29 is 13.6 Å². The number of rotatable bonds is 2. The Morgan fingerprint density at radius 1 is 1.17 bits per heavy atom. The Balaban J connectivity index is 2.11. The molecule has 2 aromatic rings. The zero-order chi connectivity index (χ0) is 16.6. The van der Waals surface area contributed by atoms with Crippen molar-refractivity contribution in [2.75, 3.05) is 6.54 Å². The Morgan fingerprint density at radius 2 is 1.83 bits per heavy atom. The summed E-state index contributed by atoms with van der Waals surface area (Å²) in [5.74, 6) is -1.75. The summed E-state index contributed by atoms with van der Waals surface area (Å²) < 4.78 is 28.0. The second kappa shape index (κ2) is 5.96. The first-order chi connectivity index (χ1) is 11.0. The maximum atomic E-state index is 14.0. The van der Waals surface area contributed by atoms with Crippen molar-refractivity contribution in [3.8, 4) is 0 Å². The maximum absolute atomic E-state index is 14.0. The van der Waals surface area contributed by atoms with Crippen molar-refractivity contribution in [2.24, 2.45) is 10.7 Å². The number of benzene rings is 2. The second-order valence-electron chi connectivity index (χ2n) is 5.04. The Bertz CT molecular complexity index is 789. The molecule has 4 nitrogen and oxygen atoms in total. The summed E-state index contributed by atoms with van der Waals surface area (Å²) in [5, 5.41) is 0.459. The van der Waals surface area contributed by atoms with Crippen LogP contribution < -0.4 is 5.73 Å². The number of nitrogens with two attached hydrogens (primary N) is 1. The van der Waals surface area contributed by atoms with Crippen LogP contribution in [0.3, 0.4) is 0 Å². The van der Waals surface area contributed by atoms with E-state index in [4.69, 9.17) is 17.3 Å². The van der Waals surface area contributed by atoms with Gasteiger partial charge >= 0.3 is 6.03 Å². The SMILES string of the molecule is NC(=O)N1CC(c2ccccc2Cl)N=C1c1c(F)cccc1F. The van der Waals surface area contributed by atoms with Crippen molar-refractivity contribution in [3.05, 3.63) is 70.2 Å². The third-order valence-corrected chi connectivity index (χ3v) is 3.95. The third-order valence-electron chi connectivity index (χ3n) is 3.61. The molecule has 0 fully saturated rings. The summed E-state index contributed by atoms with van der Waals surface area (Å²) in [7, 11) is 0. The van der Waals surface area contributed by atoms with Crippen LogP contribution in [0.5, 0.6) is 0 Å². The summed E-state index contributed by atoms with van der Waals surface area (Å²) in [4.78, 5) is 17.0. The summed E-state index contributed by atoms with van der Waals surface area (Å²) in [6.45, 7) is 0.0716. The molecule has 0 saturated carbocycles. The Labute approximate surface area is 136 Å². The molecule has 1 aliphatic heterocycles. The standard InChI is InChI=1S/C16H12ClF2N3O/c17-10-5-2-1-4-9(10)13-8-22(16(20)23)15(21-13)14-11(18)6-3-7-12(14)19/h1-7,13H,8H2,(H2,20,23). The van der Waals surface area contributed by atoms with Crippen molar-refractivity contribution in [1.82, 2.24) is 4.90 Å². The quantitative estimate of drug-likeness (QED) is 0.897. The smallest absolute Gasteiger partial charge is 0.320 e. The van der Waals surface area contributed by atoms with Gasteiger partial charge in [-0.25, -0.2) is 13.6 Å². The topological polar surface area (TPSA) is 58.7 Å². The van der Waals surface area contributed by atoms with Gasteiger partial charge in [-0.15, -0.1) is 0 Å². The molecule has 0 bridgehead atoms. The van der Waals surface area contributed by atoms with E-state index in [-0.39, 0.29) is 17.9 Å². The predicted octanol–water partition coefficient (Wildman–Crippen LogP) is 3.50. The van der Waals surface area contributed by atoms with E-state index in [1.807, 2.05) is 0 Å². The van der Waals surface area contributed by atoms with Crippen LogP contribution in [0.1, 0.15) is 17.2 Å². The fourth-order valence-corrected chi connectivity index (χ4v) is 2.80. The van der Waals surface area contributed by atoms with Crippen molar-refractivity contribution >= 4 is 23.5 Å². The highest BCUT2D eigenvalue weighted by molar-refractivity contribution is 6.31. The van der Waals surface area contributed by atoms with E-state index in [9.17, 15) is 13.6 Å². The summed E-state index contributed by atoms with van der Waals surface area (Å²) >= 11 is 6.14. The largest absolute Gasteiger partial charge is 0.351 e. The number of carbonyl (C=O) groups is 1. The van der Waals surface area contributed by atoms with Crippen LogP contribution in [0.2, 0.25) is 5.02 Å². The molecular weight excluding hydrogens is 324 g/mol. The van der Waals surface area contributed by atoms with Crippen LogP contribution in [-0.4, -0.2) is 23.3 Å².